The Morgan fingerprint density at radius 2 is 2.21 bits per heavy atom. The zero-order valence-corrected chi connectivity index (χ0v) is 13.0. The minimum atomic E-state index is 0.00697. The van der Waals surface area contributed by atoms with Crippen molar-refractivity contribution in [3.05, 3.63) is 28.2 Å². The Hall–Kier alpha value is -0.540. The van der Waals surface area contributed by atoms with E-state index in [2.05, 4.69) is 22.0 Å². The summed E-state index contributed by atoms with van der Waals surface area (Å²) in [7, 11) is 0. The van der Waals surface area contributed by atoms with E-state index in [1.54, 1.807) is 0 Å². The van der Waals surface area contributed by atoms with Gasteiger partial charge in [-0.15, -0.1) is 0 Å². The average molecular weight is 324 g/mol. The predicted molar refractivity (Wildman–Crippen MR) is 81.2 cm³/mol. The number of ether oxygens (including phenoxy) is 1. The first kappa shape index (κ1) is 13.4. The van der Waals surface area contributed by atoms with Gasteiger partial charge < -0.3 is 10.5 Å². The molecule has 0 spiro atoms. The molecule has 0 heterocycles. The minimum Gasteiger partial charge on any atom is -0.493 e. The summed E-state index contributed by atoms with van der Waals surface area (Å²) in [5.74, 6) is 3.62. The third-order valence-corrected chi connectivity index (χ3v) is 5.29. The maximum atomic E-state index is 6.09. The van der Waals surface area contributed by atoms with E-state index in [1.165, 1.54) is 25.7 Å². The molecule has 4 atom stereocenters. The topological polar surface area (TPSA) is 35.2 Å². The van der Waals surface area contributed by atoms with E-state index < -0.39 is 0 Å². The molecule has 0 saturated heterocycles. The van der Waals surface area contributed by atoms with E-state index in [9.17, 15) is 0 Å². The van der Waals surface area contributed by atoms with Gasteiger partial charge in [0.1, 0.15) is 5.75 Å². The first-order valence-corrected chi connectivity index (χ1v) is 8.10. The third-order valence-electron chi connectivity index (χ3n) is 4.80. The number of benzene rings is 1. The van der Waals surface area contributed by atoms with Gasteiger partial charge in [-0.2, -0.15) is 0 Å². The van der Waals surface area contributed by atoms with Crippen molar-refractivity contribution in [1.29, 1.82) is 0 Å². The Balaban J connectivity index is 1.66. The van der Waals surface area contributed by atoms with Crippen LogP contribution >= 0.6 is 15.9 Å². The van der Waals surface area contributed by atoms with Gasteiger partial charge in [-0.1, -0.05) is 22.4 Å². The van der Waals surface area contributed by atoms with E-state index in [1.807, 2.05) is 19.1 Å². The summed E-state index contributed by atoms with van der Waals surface area (Å²) in [4.78, 5) is 0. The standard InChI is InChI=1S/C16H22BrNO/c1-10(18)15-8-14(17)4-5-16(15)19-9-13-7-11-2-3-12(13)6-11/h4-5,8,10-13H,2-3,6-7,9,18H2,1H3/t10-,11?,12?,13?/m0/s1. The summed E-state index contributed by atoms with van der Waals surface area (Å²) < 4.78 is 7.15. The molecule has 2 fully saturated rings. The van der Waals surface area contributed by atoms with E-state index in [0.717, 1.165) is 40.1 Å². The molecule has 1 aromatic rings. The molecule has 104 valence electrons. The molecule has 2 saturated carbocycles. The molecule has 2 bridgehead atoms. The van der Waals surface area contributed by atoms with Gasteiger partial charge in [0.15, 0.2) is 0 Å². The van der Waals surface area contributed by atoms with Gasteiger partial charge in [-0.25, -0.2) is 0 Å². The van der Waals surface area contributed by atoms with Crippen LogP contribution in [0, 0.1) is 17.8 Å². The van der Waals surface area contributed by atoms with Crippen molar-refractivity contribution in [1.82, 2.24) is 0 Å². The molecule has 0 amide bonds. The zero-order chi connectivity index (χ0) is 13.4. The number of halogens is 1. The molecule has 1 aromatic carbocycles. The van der Waals surface area contributed by atoms with Crippen molar-refractivity contribution in [3.63, 3.8) is 0 Å². The Kier molecular flexibility index (Phi) is 3.86. The molecular formula is C16H22BrNO. The van der Waals surface area contributed by atoms with Crippen molar-refractivity contribution in [2.45, 2.75) is 38.6 Å². The van der Waals surface area contributed by atoms with Crippen LogP contribution in [-0.2, 0) is 0 Å². The number of fused-ring (bicyclic) bond motifs is 2. The van der Waals surface area contributed by atoms with Crippen LogP contribution in [0.5, 0.6) is 5.75 Å². The van der Waals surface area contributed by atoms with E-state index >= 15 is 0 Å². The fourth-order valence-electron chi connectivity index (χ4n) is 3.78. The smallest absolute Gasteiger partial charge is 0.124 e. The number of rotatable bonds is 4. The second-order valence-corrected chi connectivity index (χ2v) is 7.13. The van der Waals surface area contributed by atoms with Crippen molar-refractivity contribution in [3.8, 4) is 5.75 Å². The second kappa shape index (κ2) is 5.45. The Labute approximate surface area is 123 Å². The lowest BCUT2D eigenvalue weighted by molar-refractivity contribution is 0.193. The fraction of sp³-hybridized carbons (Fsp3) is 0.625. The van der Waals surface area contributed by atoms with Crippen LogP contribution in [0.4, 0.5) is 0 Å². The van der Waals surface area contributed by atoms with Crippen LogP contribution in [0.25, 0.3) is 0 Å². The first-order valence-electron chi connectivity index (χ1n) is 7.31. The van der Waals surface area contributed by atoms with Gasteiger partial charge in [-0.05, 0) is 62.1 Å². The molecule has 2 nitrogen and oxygen atoms in total. The van der Waals surface area contributed by atoms with E-state index in [4.69, 9.17) is 10.5 Å². The zero-order valence-electron chi connectivity index (χ0n) is 11.4. The van der Waals surface area contributed by atoms with Crippen LogP contribution in [0.15, 0.2) is 22.7 Å². The summed E-state index contributed by atoms with van der Waals surface area (Å²) >= 11 is 3.50. The van der Waals surface area contributed by atoms with Crippen LogP contribution < -0.4 is 10.5 Å². The molecule has 0 radical (unpaired) electrons. The Morgan fingerprint density at radius 3 is 2.84 bits per heavy atom. The predicted octanol–water partition coefficient (Wildman–Crippen LogP) is 4.28. The van der Waals surface area contributed by atoms with Gasteiger partial charge in [0.05, 0.1) is 6.61 Å². The fourth-order valence-corrected chi connectivity index (χ4v) is 4.16. The van der Waals surface area contributed by atoms with Crippen LogP contribution in [-0.4, -0.2) is 6.61 Å². The normalized spacial score (nSPS) is 30.6. The monoisotopic (exact) mass is 323 g/mol. The maximum Gasteiger partial charge on any atom is 0.124 e. The summed E-state index contributed by atoms with van der Waals surface area (Å²) in [6.07, 6.45) is 5.67. The highest BCUT2D eigenvalue weighted by atomic mass is 79.9. The highest BCUT2D eigenvalue weighted by Crippen LogP contribution is 2.48. The van der Waals surface area contributed by atoms with Gasteiger partial charge in [0.25, 0.3) is 0 Å². The first-order chi connectivity index (χ1) is 9.13. The maximum absolute atomic E-state index is 6.09. The lowest BCUT2D eigenvalue weighted by Crippen LogP contribution is -2.19. The number of nitrogens with two attached hydrogens (primary N) is 1. The molecule has 2 N–H and O–H groups in total. The van der Waals surface area contributed by atoms with Crippen molar-refractivity contribution in [2.24, 2.45) is 23.5 Å². The van der Waals surface area contributed by atoms with Gasteiger partial charge in [-0.3, -0.25) is 0 Å². The second-order valence-electron chi connectivity index (χ2n) is 6.22. The van der Waals surface area contributed by atoms with E-state index in [0.29, 0.717) is 0 Å². The van der Waals surface area contributed by atoms with Gasteiger partial charge >= 0.3 is 0 Å². The third kappa shape index (κ3) is 2.82. The summed E-state index contributed by atoms with van der Waals surface area (Å²) in [6, 6.07) is 6.14. The molecule has 0 aromatic heterocycles. The Bertz CT molecular complexity index is 460. The number of hydrogen-bond donors (Lipinski definition) is 1. The lowest BCUT2D eigenvalue weighted by atomic mass is 9.89. The molecule has 3 rings (SSSR count). The van der Waals surface area contributed by atoms with Gasteiger partial charge in [0.2, 0.25) is 0 Å². The molecule has 3 unspecified atom stereocenters. The SMILES string of the molecule is C[C@H](N)c1cc(Br)ccc1OCC1CC2CCC1C2. The largest absolute Gasteiger partial charge is 0.493 e. The molecular weight excluding hydrogens is 302 g/mol. The van der Waals surface area contributed by atoms with Gasteiger partial charge in [0, 0.05) is 16.1 Å². The van der Waals surface area contributed by atoms with Crippen LogP contribution in [0.1, 0.15) is 44.2 Å². The highest BCUT2D eigenvalue weighted by Gasteiger charge is 2.39. The summed E-state index contributed by atoms with van der Waals surface area (Å²) in [5, 5.41) is 0. The molecule has 2 aliphatic carbocycles. The summed E-state index contributed by atoms with van der Waals surface area (Å²) in [6.45, 7) is 2.87. The Morgan fingerprint density at radius 1 is 1.37 bits per heavy atom. The van der Waals surface area contributed by atoms with Crippen LogP contribution in [0.3, 0.4) is 0 Å². The van der Waals surface area contributed by atoms with Crippen molar-refractivity contribution < 1.29 is 4.74 Å². The average Bonchev–Trinajstić information content (AvgIpc) is 2.99. The molecule has 19 heavy (non-hydrogen) atoms. The van der Waals surface area contributed by atoms with E-state index in [-0.39, 0.29) is 6.04 Å². The number of hydrogen-bond acceptors (Lipinski definition) is 2. The minimum absolute atomic E-state index is 0.00697. The molecule has 2 aliphatic rings. The van der Waals surface area contributed by atoms with Crippen molar-refractivity contribution in [2.75, 3.05) is 6.61 Å². The highest BCUT2D eigenvalue weighted by molar-refractivity contribution is 9.10. The molecule has 0 aliphatic heterocycles. The quantitative estimate of drug-likeness (QED) is 0.897. The molecule has 3 heteroatoms. The summed E-state index contributed by atoms with van der Waals surface area (Å²) in [5.41, 5.74) is 7.12. The van der Waals surface area contributed by atoms with Crippen molar-refractivity contribution >= 4 is 15.9 Å². The lowest BCUT2D eigenvalue weighted by Gasteiger charge is -2.23. The van der Waals surface area contributed by atoms with Crippen LogP contribution in [0.2, 0.25) is 0 Å².